The van der Waals surface area contributed by atoms with Crippen molar-refractivity contribution < 1.29 is 18.7 Å². The van der Waals surface area contributed by atoms with Gasteiger partial charge in [-0.2, -0.15) is 0 Å². The van der Waals surface area contributed by atoms with E-state index in [1.165, 1.54) is 11.7 Å². The lowest BCUT2D eigenvalue weighted by Gasteiger charge is -2.07. The van der Waals surface area contributed by atoms with Gasteiger partial charge in [-0.1, -0.05) is 0 Å². The molecular weight excluding hydrogens is 290 g/mol. The molecular formula is C14H17N3O5. The lowest BCUT2D eigenvalue weighted by molar-refractivity contribution is -0.140. The number of oxazole rings is 1. The number of anilines is 1. The largest absolute Gasteiger partial charge is 0.469 e. The number of carbonyl (C=O) groups is 2. The zero-order valence-electron chi connectivity index (χ0n) is 12.3. The number of aryl methyl sites for hydroxylation is 1. The molecule has 0 bridgehead atoms. The summed E-state index contributed by atoms with van der Waals surface area (Å²) in [5.41, 5.74) is 1.55. The number of fused-ring (bicyclic) bond motifs is 1. The van der Waals surface area contributed by atoms with Crippen LogP contribution in [0.2, 0.25) is 0 Å². The summed E-state index contributed by atoms with van der Waals surface area (Å²) < 4.78 is 10.9. The van der Waals surface area contributed by atoms with Crippen molar-refractivity contribution >= 4 is 28.8 Å². The highest BCUT2D eigenvalue weighted by Crippen LogP contribution is 2.17. The molecule has 2 N–H and O–H groups in total. The number of hydrogen-bond donors (Lipinski definition) is 2. The number of aromatic nitrogens is 1. The Hall–Kier alpha value is -2.77. The van der Waals surface area contributed by atoms with Crippen LogP contribution in [0.4, 0.5) is 10.5 Å². The number of urea groups is 1. The maximum atomic E-state index is 11.7. The monoisotopic (exact) mass is 307 g/mol. The number of methoxy groups -OCH3 is 1. The van der Waals surface area contributed by atoms with Crippen LogP contribution < -0.4 is 16.4 Å². The smallest absolute Gasteiger partial charge is 0.419 e. The van der Waals surface area contributed by atoms with Crippen LogP contribution in [0.25, 0.3) is 11.1 Å². The Morgan fingerprint density at radius 2 is 2.14 bits per heavy atom. The average molecular weight is 307 g/mol. The minimum absolute atomic E-state index is 0.248. The van der Waals surface area contributed by atoms with E-state index in [4.69, 9.17) is 4.42 Å². The number of esters is 1. The number of rotatable bonds is 5. The molecule has 0 aliphatic carbocycles. The Bertz CT molecular complexity index is 747. The molecule has 8 nitrogen and oxygen atoms in total. The summed E-state index contributed by atoms with van der Waals surface area (Å²) in [5, 5.41) is 5.25. The second-order valence-electron chi connectivity index (χ2n) is 4.67. The summed E-state index contributed by atoms with van der Waals surface area (Å²) >= 11 is 0. The van der Waals surface area contributed by atoms with E-state index in [1.807, 2.05) is 0 Å². The quantitative estimate of drug-likeness (QED) is 0.638. The number of amides is 2. The first-order chi connectivity index (χ1) is 10.5. The molecule has 0 spiro atoms. The van der Waals surface area contributed by atoms with E-state index in [0.29, 0.717) is 29.8 Å². The Kier molecular flexibility index (Phi) is 4.82. The molecule has 1 aromatic heterocycles. The molecule has 1 aromatic carbocycles. The fourth-order valence-corrected chi connectivity index (χ4v) is 1.92. The van der Waals surface area contributed by atoms with Gasteiger partial charge in [0.15, 0.2) is 5.58 Å². The topological polar surface area (TPSA) is 103 Å². The fourth-order valence-electron chi connectivity index (χ4n) is 1.92. The van der Waals surface area contributed by atoms with E-state index >= 15 is 0 Å². The number of benzene rings is 1. The summed E-state index contributed by atoms with van der Waals surface area (Å²) in [5.74, 6) is -0.772. The van der Waals surface area contributed by atoms with Gasteiger partial charge in [-0.15, -0.1) is 0 Å². The standard InChI is InChI=1S/C14H17N3O5/c1-17-10-6-5-9(8-11(10)22-14(17)20)16-13(19)15-7-3-4-12(18)21-2/h5-6,8H,3-4,7H2,1-2H3,(H2,15,16,19). The van der Waals surface area contributed by atoms with Crippen molar-refractivity contribution in [3.05, 3.63) is 28.7 Å². The third-order valence-corrected chi connectivity index (χ3v) is 3.12. The summed E-state index contributed by atoms with van der Waals surface area (Å²) in [6, 6.07) is 4.53. The van der Waals surface area contributed by atoms with E-state index in [1.54, 1.807) is 25.2 Å². The van der Waals surface area contributed by atoms with Crippen LogP contribution in [0.5, 0.6) is 0 Å². The van der Waals surface area contributed by atoms with Gasteiger partial charge in [-0.3, -0.25) is 9.36 Å². The lowest BCUT2D eigenvalue weighted by atomic mass is 10.3. The van der Waals surface area contributed by atoms with Gasteiger partial charge in [0.2, 0.25) is 0 Å². The van der Waals surface area contributed by atoms with Crippen LogP contribution in [0.3, 0.4) is 0 Å². The molecule has 0 aliphatic heterocycles. The van der Waals surface area contributed by atoms with Crippen molar-refractivity contribution in [2.45, 2.75) is 12.8 Å². The van der Waals surface area contributed by atoms with E-state index in [9.17, 15) is 14.4 Å². The van der Waals surface area contributed by atoms with Gasteiger partial charge in [-0.25, -0.2) is 9.59 Å². The Balaban J connectivity index is 1.89. The van der Waals surface area contributed by atoms with Crippen LogP contribution in [0.15, 0.2) is 27.4 Å². The summed E-state index contributed by atoms with van der Waals surface area (Å²) in [6.07, 6.45) is 0.741. The number of nitrogens with one attached hydrogen (secondary N) is 2. The predicted octanol–water partition coefficient (Wildman–Crippen LogP) is 1.21. The molecule has 0 fully saturated rings. The van der Waals surface area contributed by atoms with Gasteiger partial charge in [-0.05, 0) is 18.6 Å². The third-order valence-electron chi connectivity index (χ3n) is 3.12. The van der Waals surface area contributed by atoms with Crippen molar-refractivity contribution in [3.63, 3.8) is 0 Å². The first kappa shape index (κ1) is 15.6. The predicted molar refractivity (Wildman–Crippen MR) is 79.7 cm³/mol. The number of nitrogens with zero attached hydrogens (tertiary/aromatic N) is 1. The van der Waals surface area contributed by atoms with Gasteiger partial charge in [0.25, 0.3) is 0 Å². The zero-order valence-corrected chi connectivity index (χ0v) is 12.3. The maximum absolute atomic E-state index is 11.7. The Labute approximate surface area is 126 Å². The lowest BCUT2D eigenvalue weighted by Crippen LogP contribution is -2.29. The minimum atomic E-state index is -0.459. The van der Waals surface area contributed by atoms with Gasteiger partial charge in [0.1, 0.15) is 0 Å². The van der Waals surface area contributed by atoms with Crippen LogP contribution in [0, 0.1) is 0 Å². The molecule has 22 heavy (non-hydrogen) atoms. The van der Waals surface area contributed by atoms with Crippen molar-refractivity contribution in [1.82, 2.24) is 9.88 Å². The second-order valence-corrected chi connectivity index (χ2v) is 4.67. The van der Waals surface area contributed by atoms with Gasteiger partial charge < -0.3 is 19.8 Å². The molecule has 8 heteroatoms. The highest BCUT2D eigenvalue weighted by Gasteiger charge is 2.08. The first-order valence-corrected chi connectivity index (χ1v) is 6.72. The van der Waals surface area contributed by atoms with E-state index in [-0.39, 0.29) is 12.4 Å². The molecule has 118 valence electrons. The Morgan fingerprint density at radius 1 is 1.36 bits per heavy atom. The molecule has 0 saturated heterocycles. The van der Waals surface area contributed by atoms with Crippen LogP contribution in [0.1, 0.15) is 12.8 Å². The first-order valence-electron chi connectivity index (χ1n) is 6.72. The van der Waals surface area contributed by atoms with Gasteiger partial charge in [0.05, 0.1) is 12.6 Å². The molecule has 0 atom stereocenters. The van der Waals surface area contributed by atoms with Crippen LogP contribution >= 0.6 is 0 Å². The minimum Gasteiger partial charge on any atom is -0.469 e. The van der Waals surface area contributed by atoms with Crippen molar-refractivity contribution in [3.8, 4) is 0 Å². The highest BCUT2D eigenvalue weighted by atomic mass is 16.5. The molecule has 0 unspecified atom stereocenters. The average Bonchev–Trinajstić information content (AvgIpc) is 2.78. The number of carbonyl (C=O) groups excluding carboxylic acids is 2. The van der Waals surface area contributed by atoms with E-state index in [2.05, 4.69) is 15.4 Å². The highest BCUT2D eigenvalue weighted by molar-refractivity contribution is 5.91. The van der Waals surface area contributed by atoms with Crippen molar-refractivity contribution in [2.75, 3.05) is 19.0 Å². The fraction of sp³-hybridized carbons (Fsp3) is 0.357. The number of hydrogen-bond acceptors (Lipinski definition) is 5. The van der Waals surface area contributed by atoms with Crippen LogP contribution in [-0.2, 0) is 16.6 Å². The molecule has 2 amide bonds. The molecule has 0 aliphatic rings. The van der Waals surface area contributed by atoms with Gasteiger partial charge >= 0.3 is 17.8 Å². The normalized spacial score (nSPS) is 10.5. The summed E-state index contributed by atoms with van der Waals surface area (Å²) in [6.45, 7) is 0.351. The SMILES string of the molecule is COC(=O)CCCNC(=O)Nc1ccc2c(c1)oc(=O)n2C. The van der Waals surface area contributed by atoms with E-state index < -0.39 is 11.8 Å². The summed E-state index contributed by atoms with van der Waals surface area (Å²) in [7, 11) is 2.93. The third kappa shape index (κ3) is 3.66. The number of ether oxygens (including phenoxy) is 1. The Morgan fingerprint density at radius 3 is 2.86 bits per heavy atom. The van der Waals surface area contributed by atoms with Crippen molar-refractivity contribution in [1.29, 1.82) is 0 Å². The van der Waals surface area contributed by atoms with E-state index in [0.717, 1.165) is 0 Å². The molecule has 0 saturated carbocycles. The van der Waals surface area contributed by atoms with Crippen molar-refractivity contribution in [2.24, 2.45) is 7.05 Å². The molecule has 0 radical (unpaired) electrons. The molecule has 2 aromatic rings. The maximum Gasteiger partial charge on any atom is 0.419 e. The molecule has 2 rings (SSSR count). The molecule has 1 heterocycles. The second kappa shape index (κ2) is 6.79. The summed E-state index contributed by atoms with van der Waals surface area (Å²) in [4.78, 5) is 34.0. The van der Waals surface area contributed by atoms with Gasteiger partial charge in [0, 0.05) is 31.8 Å². The zero-order chi connectivity index (χ0) is 16.1. The van der Waals surface area contributed by atoms with Crippen LogP contribution in [-0.4, -0.2) is 30.2 Å².